The molecule has 4 heteroatoms. The van der Waals surface area contributed by atoms with Crippen LogP contribution in [0.25, 0.3) is 11.1 Å². The SMILES string of the molecule is Nc1ccc(O)c(-c2cc(N)ccc2O)c1. The largest absolute Gasteiger partial charge is 0.507 e. The van der Waals surface area contributed by atoms with E-state index < -0.39 is 0 Å². The molecule has 82 valence electrons. The minimum Gasteiger partial charge on any atom is -0.507 e. The lowest BCUT2D eigenvalue weighted by Crippen LogP contribution is -1.89. The summed E-state index contributed by atoms with van der Waals surface area (Å²) in [5.74, 6) is 0.102. The van der Waals surface area contributed by atoms with E-state index in [9.17, 15) is 10.2 Å². The summed E-state index contributed by atoms with van der Waals surface area (Å²) in [6.07, 6.45) is 0. The Labute approximate surface area is 92.8 Å². The standard InChI is InChI=1S/C12H12N2O2/c13-7-1-3-11(15)9(5-7)10-6-8(14)2-4-12(10)16/h1-6,15-16H,13-14H2. The van der Waals surface area contributed by atoms with Crippen LogP contribution in [0.5, 0.6) is 11.5 Å². The number of hydrogen-bond acceptors (Lipinski definition) is 4. The zero-order valence-electron chi connectivity index (χ0n) is 8.51. The molecule has 2 rings (SSSR count). The van der Waals surface area contributed by atoms with Crippen molar-refractivity contribution in [1.29, 1.82) is 0 Å². The number of phenolic OH excluding ortho intramolecular Hbond substituents is 2. The molecule has 0 atom stereocenters. The average molecular weight is 216 g/mol. The number of benzene rings is 2. The van der Waals surface area contributed by atoms with Gasteiger partial charge in [-0.2, -0.15) is 0 Å². The third-order valence-electron chi connectivity index (χ3n) is 2.33. The van der Waals surface area contributed by atoms with Crippen LogP contribution in [0.1, 0.15) is 0 Å². The molecule has 0 heterocycles. The van der Waals surface area contributed by atoms with Gasteiger partial charge in [0.15, 0.2) is 0 Å². The summed E-state index contributed by atoms with van der Waals surface area (Å²) in [5, 5.41) is 19.4. The Morgan fingerprint density at radius 3 is 1.44 bits per heavy atom. The molecule has 0 radical (unpaired) electrons. The van der Waals surface area contributed by atoms with Gasteiger partial charge in [0, 0.05) is 22.5 Å². The fourth-order valence-electron chi connectivity index (χ4n) is 1.54. The maximum atomic E-state index is 9.70. The summed E-state index contributed by atoms with van der Waals surface area (Å²) in [4.78, 5) is 0. The minimum atomic E-state index is 0.0510. The van der Waals surface area contributed by atoms with Crippen molar-refractivity contribution in [3.63, 3.8) is 0 Å². The molecule has 0 aromatic heterocycles. The normalized spacial score (nSPS) is 10.2. The van der Waals surface area contributed by atoms with E-state index >= 15 is 0 Å². The number of nitrogen functional groups attached to an aromatic ring is 2. The van der Waals surface area contributed by atoms with Gasteiger partial charge < -0.3 is 21.7 Å². The van der Waals surface area contributed by atoms with Crippen LogP contribution in [0, 0.1) is 0 Å². The number of rotatable bonds is 1. The molecule has 0 spiro atoms. The topological polar surface area (TPSA) is 92.5 Å². The van der Waals surface area contributed by atoms with Crippen molar-refractivity contribution < 1.29 is 10.2 Å². The van der Waals surface area contributed by atoms with Crippen molar-refractivity contribution in [2.45, 2.75) is 0 Å². The first-order valence-corrected chi connectivity index (χ1v) is 4.75. The molecule has 0 saturated carbocycles. The Morgan fingerprint density at radius 2 is 1.06 bits per heavy atom. The zero-order valence-corrected chi connectivity index (χ0v) is 8.51. The fourth-order valence-corrected chi connectivity index (χ4v) is 1.54. The van der Waals surface area contributed by atoms with Crippen LogP contribution < -0.4 is 11.5 Å². The quantitative estimate of drug-likeness (QED) is 0.433. The first-order chi connectivity index (χ1) is 7.58. The van der Waals surface area contributed by atoms with Crippen LogP contribution in [0.3, 0.4) is 0 Å². The van der Waals surface area contributed by atoms with Crippen LogP contribution >= 0.6 is 0 Å². The van der Waals surface area contributed by atoms with Gasteiger partial charge in [-0.3, -0.25) is 0 Å². The molecule has 0 aliphatic carbocycles. The molecule has 0 amide bonds. The molecule has 0 unspecified atom stereocenters. The Kier molecular flexibility index (Phi) is 2.32. The number of hydrogen-bond donors (Lipinski definition) is 4. The van der Waals surface area contributed by atoms with E-state index in [-0.39, 0.29) is 11.5 Å². The number of phenols is 2. The van der Waals surface area contributed by atoms with Crippen molar-refractivity contribution in [3.8, 4) is 22.6 Å². The van der Waals surface area contributed by atoms with Gasteiger partial charge in [-0.25, -0.2) is 0 Å². The van der Waals surface area contributed by atoms with Crippen LogP contribution in [0.4, 0.5) is 11.4 Å². The number of aromatic hydroxyl groups is 2. The third-order valence-corrected chi connectivity index (χ3v) is 2.33. The van der Waals surface area contributed by atoms with Gasteiger partial charge in [0.05, 0.1) is 0 Å². The molecule has 16 heavy (non-hydrogen) atoms. The summed E-state index contributed by atoms with van der Waals surface area (Å²) in [6, 6.07) is 9.30. The van der Waals surface area contributed by atoms with Crippen LogP contribution in [-0.4, -0.2) is 10.2 Å². The lowest BCUT2D eigenvalue weighted by molar-refractivity contribution is 0.469. The maximum absolute atomic E-state index is 9.70. The molecule has 2 aromatic carbocycles. The van der Waals surface area contributed by atoms with Crippen LogP contribution in [0.2, 0.25) is 0 Å². The van der Waals surface area contributed by atoms with E-state index in [1.165, 1.54) is 12.1 Å². The van der Waals surface area contributed by atoms with Crippen LogP contribution in [-0.2, 0) is 0 Å². The molecule has 0 fully saturated rings. The Bertz CT molecular complexity index is 489. The molecule has 0 saturated heterocycles. The highest BCUT2D eigenvalue weighted by Gasteiger charge is 2.09. The maximum Gasteiger partial charge on any atom is 0.123 e. The van der Waals surface area contributed by atoms with Crippen molar-refractivity contribution in [3.05, 3.63) is 36.4 Å². The second kappa shape index (κ2) is 3.66. The highest BCUT2D eigenvalue weighted by atomic mass is 16.3. The Balaban J connectivity index is 2.66. The van der Waals surface area contributed by atoms with Gasteiger partial charge in [0.1, 0.15) is 11.5 Å². The molecular weight excluding hydrogens is 204 g/mol. The lowest BCUT2D eigenvalue weighted by Gasteiger charge is -2.08. The number of anilines is 2. The van der Waals surface area contributed by atoms with Gasteiger partial charge >= 0.3 is 0 Å². The van der Waals surface area contributed by atoms with Crippen molar-refractivity contribution in [1.82, 2.24) is 0 Å². The molecule has 0 aliphatic heterocycles. The highest BCUT2D eigenvalue weighted by molar-refractivity contribution is 5.79. The van der Waals surface area contributed by atoms with Crippen molar-refractivity contribution in [2.75, 3.05) is 11.5 Å². The summed E-state index contributed by atoms with van der Waals surface area (Å²) < 4.78 is 0. The fraction of sp³-hybridized carbons (Fsp3) is 0. The Hall–Kier alpha value is -2.36. The average Bonchev–Trinajstić information content (AvgIpc) is 2.25. The van der Waals surface area contributed by atoms with E-state index in [0.717, 1.165) is 0 Å². The van der Waals surface area contributed by atoms with Gasteiger partial charge in [-0.15, -0.1) is 0 Å². The van der Waals surface area contributed by atoms with Crippen molar-refractivity contribution >= 4 is 11.4 Å². The van der Waals surface area contributed by atoms with Crippen molar-refractivity contribution in [2.24, 2.45) is 0 Å². The first-order valence-electron chi connectivity index (χ1n) is 4.75. The summed E-state index contributed by atoms with van der Waals surface area (Å²) >= 11 is 0. The van der Waals surface area contributed by atoms with E-state index in [1.807, 2.05) is 0 Å². The van der Waals surface area contributed by atoms with E-state index in [4.69, 9.17) is 11.5 Å². The summed E-state index contributed by atoms with van der Waals surface area (Å²) in [6.45, 7) is 0. The predicted molar refractivity (Wildman–Crippen MR) is 64.0 cm³/mol. The van der Waals surface area contributed by atoms with Gasteiger partial charge in [-0.05, 0) is 36.4 Å². The monoisotopic (exact) mass is 216 g/mol. The van der Waals surface area contributed by atoms with Crippen LogP contribution in [0.15, 0.2) is 36.4 Å². The third kappa shape index (κ3) is 1.72. The molecule has 4 nitrogen and oxygen atoms in total. The molecule has 6 N–H and O–H groups in total. The highest BCUT2D eigenvalue weighted by Crippen LogP contribution is 2.37. The lowest BCUT2D eigenvalue weighted by atomic mass is 10.0. The Morgan fingerprint density at radius 1 is 0.688 bits per heavy atom. The minimum absolute atomic E-state index is 0.0510. The smallest absolute Gasteiger partial charge is 0.123 e. The first kappa shape index (κ1) is 10.2. The summed E-state index contributed by atoms with van der Waals surface area (Å²) in [5.41, 5.74) is 13.2. The van der Waals surface area contributed by atoms with Gasteiger partial charge in [0.2, 0.25) is 0 Å². The molecular formula is C12H12N2O2. The van der Waals surface area contributed by atoms with E-state index in [1.54, 1.807) is 24.3 Å². The molecule has 0 aliphatic rings. The second-order valence-corrected chi connectivity index (χ2v) is 3.55. The second-order valence-electron chi connectivity index (χ2n) is 3.55. The number of nitrogens with two attached hydrogens (primary N) is 2. The molecule has 2 aromatic rings. The van der Waals surface area contributed by atoms with E-state index in [0.29, 0.717) is 22.5 Å². The van der Waals surface area contributed by atoms with Gasteiger partial charge in [-0.1, -0.05) is 0 Å². The molecule has 0 bridgehead atoms. The zero-order chi connectivity index (χ0) is 11.7. The predicted octanol–water partition coefficient (Wildman–Crippen LogP) is 1.93. The van der Waals surface area contributed by atoms with Gasteiger partial charge in [0.25, 0.3) is 0 Å². The summed E-state index contributed by atoms with van der Waals surface area (Å²) in [7, 11) is 0. The van der Waals surface area contributed by atoms with E-state index in [2.05, 4.69) is 0 Å².